The number of hydrogen-bond acceptors (Lipinski definition) is 4. The molecule has 0 amide bonds. The fourth-order valence-corrected chi connectivity index (χ4v) is 4.42. The summed E-state index contributed by atoms with van der Waals surface area (Å²) in [6.07, 6.45) is 2.65. The fraction of sp³-hybridized carbons (Fsp3) is 0.933. The van der Waals surface area contributed by atoms with E-state index in [2.05, 4.69) is 4.90 Å². The number of aliphatic hydroxyl groups excluding tert-OH is 1. The van der Waals surface area contributed by atoms with Crippen LogP contribution in [0.15, 0.2) is 0 Å². The molecule has 5 atom stereocenters. The van der Waals surface area contributed by atoms with E-state index in [0.29, 0.717) is 24.3 Å². The van der Waals surface area contributed by atoms with Crippen molar-refractivity contribution in [1.82, 2.24) is 4.90 Å². The molecule has 3 fully saturated rings. The van der Waals surface area contributed by atoms with Crippen molar-refractivity contribution < 1.29 is 14.6 Å². The molecule has 4 heteroatoms. The molecule has 108 valence electrons. The molecule has 1 heterocycles. The third-order valence-electron chi connectivity index (χ3n) is 4.97. The summed E-state index contributed by atoms with van der Waals surface area (Å²) in [6.45, 7) is 7.48. The highest BCUT2D eigenvalue weighted by molar-refractivity contribution is 5.70. The Morgan fingerprint density at radius 1 is 1.32 bits per heavy atom. The van der Waals surface area contributed by atoms with Gasteiger partial charge in [0.05, 0.1) is 12.5 Å². The Labute approximate surface area is 115 Å². The zero-order valence-corrected chi connectivity index (χ0v) is 12.1. The van der Waals surface area contributed by atoms with E-state index < -0.39 is 5.60 Å². The average molecular weight is 267 g/mol. The van der Waals surface area contributed by atoms with Crippen LogP contribution in [0.5, 0.6) is 0 Å². The number of esters is 1. The van der Waals surface area contributed by atoms with Crippen molar-refractivity contribution in [3.63, 3.8) is 0 Å². The molecule has 0 spiro atoms. The highest BCUT2D eigenvalue weighted by Crippen LogP contribution is 2.54. The van der Waals surface area contributed by atoms with Crippen LogP contribution in [0.1, 0.15) is 40.0 Å². The van der Waals surface area contributed by atoms with Gasteiger partial charge in [-0.2, -0.15) is 0 Å². The zero-order valence-electron chi connectivity index (χ0n) is 12.1. The number of fused-ring (bicyclic) bond motifs is 1. The molecule has 0 aromatic rings. The number of rotatable bonds is 3. The van der Waals surface area contributed by atoms with Crippen LogP contribution in [0.25, 0.3) is 0 Å². The summed E-state index contributed by atoms with van der Waals surface area (Å²) in [5.41, 5.74) is -0.404. The smallest absolute Gasteiger partial charge is 0.307 e. The monoisotopic (exact) mass is 267 g/mol. The van der Waals surface area contributed by atoms with Crippen LogP contribution < -0.4 is 0 Å². The highest BCUT2D eigenvalue weighted by atomic mass is 16.6. The third kappa shape index (κ3) is 2.40. The molecule has 0 aromatic carbocycles. The normalized spacial score (nSPS) is 40.9. The minimum absolute atomic E-state index is 0.129. The quantitative estimate of drug-likeness (QED) is 0.786. The van der Waals surface area contributed by atoms with Gasteiger partial charge in [-0.1, -0.05) is 0 Å². The van der Waals surface area contributed by atoms with E-state index in [4.69, 9.17) is 4.74 Å². The molecular formula is C15H25NO3. The standard InChI is InChI=1S/C15H25NO3/c1-15(2,3)19-12(17)4-5-16-8-10-6-9-7-11(10)13(16)14(9)18/h9-11,13-14,18H,4-8H2,1-3H3. The molecule has 0 aromatic heterocycles. The van der Waals surface area contributed by atoms with E-state index in [0.717, 1.165) is 19.0 Å². The van der Waals surface area contributed by atoms with Gasteiger partial charge >= 0.3 is 5.97 Å². The van der Waals surface area contributed by atoms with Gasteiger partial charge in [0.1, 0.15) is 5.60 Å². The summed E-state index contributed by atoms with van der Waals surface area (Å²) in [5.74, 6) is 1.83. The number of nitrogens with zero attached hydrogens (tertiary/aromatic N) is 1. The Bertz CT molecular complexity index is 374. The van der Waals surface area contributed by atoms with Crippen LogP contribution in [0.4, 0.5) is 0 Å². The second-order valence-electron chi connectivity index (χ2n) is 7.47. The molecular weight excluding hydrogens is 242 g/mol. The van der Waals surface area contributed by atoms with Gasteiger partial charge in [0.25, 0.3) is 0 Å². The SMILES string of the molecule is CC(C)(C)OC(=O)CCN1CC2CC3CC2C1C3O. The fourth-order valence-electron chi connectivity index (χ4n) is 4.42. The average Bonchev–Trinajstić information content (AvgIpc) is 2.84. The van der Waals surface area contributed by atoms with Gasteiger partial charge in [-0.3, -0.25) is 9.69 Å². The van der Waals surface area contributed by atoms with E-state index in [1.165, 1.54) is 12.8 Å². The maximum absolute atomic E-state index is 11.8. The van der Waals surface area contributed by atoms with Crippen LogP contribution in [-0.4, -0.2) is 46.8 Å². The van der Waals surface area contributed by atoms with Gasteiger partial charge in [-0.15, -0.1) is 0 Å². The van der Waals surface area contributed by atoms with Crippen molar-refractivity contribution >= 4 is 5.97 Å². The molecule has 1 N–H and O–H groups in total. The Kier molecular flexibility index (Phi) is 3.13. The molecule has 2 aliphatic carbocycles. The molecule has 5 unspecified atom stereocenters. The highest BCUT2D eigenvalue weighted by Gasteiger charge is 2.58. The van der Waals surface area contributed by atoms with Gasteiger partial charge in [0.2, 0.25) is 0 Å². The van der Waals surface area contributed by atoms with Crippen LogP contribution >= 0.6 is 0 Å². The summed E-state index contributed by atoms with van der Waals surface area (Å²) in [7, 11) is 0. The molecule has 4 nitrogen and oxygen atoms in total. The van der Waals surface area contributed by atoms with Crippen molar-refractivity contribution in [2.45, 2.75) is 57.8 Å². The minimum Gasteiger partial charge on any atom is -0.460 e. The van der Waals surface area contributed by atoms with E-state index >= 15 is 0 Å². The van der Waals surface area contributed by atoms with Crippen LogP contribution in [0.3, 0.4) is 0 Å². The lowest BCUT2D eigenvalue weighted by molar-refractivity contribution is -0.155. The molecule has 3 rings (SSSR count). The Morgan fingerprint density at radius 2 is 2.05 bits per heavy atom. The lowest BCUT2D eigenvalue weighted by atomic mass is 9.88. The summed E-state index contributed by atoms with van der Waals surface area (Å²) in [5, 5.41) is 10.3. The predicted molar refractivity (Wildman–Crippen MR) is 71.5 cm³/mol. The van der Waals surface area contributed by atoms with Crippen LogP contribution in [-0.2, 0) is 9.53 Å². The first-order chi connectivity index (χ1) is 8.85. The van der Waals surface area contributed by atoms with E-state index in [9.17, 15) is 9.90 Å². The van der Waals surface area contributed by atoms with Gasteiger partial charge in [-0.25, -0.2) is 0 Å². The number of hydrogen-bond donors (Lipinski definition) is 1. The Balaban J connectivity index is 1.53. The summed E-state index contributed by atoms with van der Waals surface area (Å²) in [4.78, 5) is 14.1. The first kappa shape index (κ1) is 13.4. The van der Waals surface area contributed by atoms with Crippen LogP contribution in [0, 0.1) is 17.8 Å². The van der Waals surface area contributed by atoms with Crippen molar-refractivity contribution in [2.24, 2.45) is 17.8 Å². The molecule has 1 aliphatic heterocycles. The van der Waals surface area contributed by atoms with Gasteiger partial charge < -0.3 is 9.84 Å². The summed E-state index contributed by atoms with van der Waals surface area (Å²) < 4.78 is 5.34. The Morgan fingerprint density at radius 3 is 2.68 bits per heavy atom. The molecule has 2 bridgehead atoms. The number of carbonyl (C=O) groups excluding carboxylic acids is 1. The van der Waals surface area contributed by atoms with Gasteiger partial charge in [0.15, 0.2) is 0 Å². The van der Waals surface area contributed by atoms with E-state index in [1.807, 2.05) is 20.8 Å². The first-order valence-electron chi connectivity index (χ1n) is 7.49. The summed E-state index contributed by atoms with van der Waals surface area (Å²) >= 11 is 0. The maximum atomic E-state index is 11.8. The van der Waals surface area contributed by atoms with Gasteiger partial charge in [0, 0.05) is 19.1 Å². The Hall–Kier alpha value is -0.610. The zero-order chi connectivity index (χ0) is 13.8. The predicted octanol–water partition coefficient (Wildman–Crippen LogP) is 1.42. The third-order valence-corrected chi connectivity index (χ3v) is 4.97. The molecule has 2 saturated carbocycles. The summed E-state index contributed by atoms with van der Waals surface area (Å²) in [6, 6.07) is 0.311. The second kappa shape index (κ2) is 4.45. The molecule has 19 heavy (non-hydrogen) atoms. The molecule has 1 saturated heterocycles. The first-order valence-corrected chi connectivity index (χ1v) is 7.49. The van der Waals surface area contributed by atoms with Crippen LogP contribution in [0.2, 0.25) is 0 Å². The van der Waals surface area contributed by atoms with Crippen molar-refractivity contribution in [1.29, 1.82) is 0 Å². The molecule has 3 aliphatic rings. The number of aliphatic hydroxyl groups is 1. The van der Waals surface area contributed by atoms with E-state index in [1.54, 1.807) is 0 Å². The minimum atomic E-state index is -0.404. The lowest BCUT2D eigenvalue weighted by Crippen LogP contribution is -2.41. The maximum Gasteiger partial charge on any atom is 0.307 e. The number of ether oxygens (including phenoxy) is 1. The topological polar surface area (TPSA) is 49.8 Å². The van der Waals surface area contributed by atoms with Crippen molar-refractivity contribution in [3.05, 3.63) is 0 Å². The largest absolute Gasteiger partial charge is 0.460 e. The second-order valence-corrected chi connectivity index (χ2v) is 7.47. The van der Waals surface area contributed by atoms with Gasteiger partial charge in [-0.05, 0) is 51.4 Å². The van der Waals surface area contributed by atoms with E-state index in [-0.39, 0.29) is 12.1 Å². The number of likely N-dealkylation sites (tertiary alicyclic amines) is 1. The van der Waals surface area contributed by atoms with Crippen molar-refractivity contribution in [2.75, 3.05) is 13.1 Å². The molecule has 0 radical (unpaired) electrons. The lowest BCUT2D eigenvalue weighted by Gasteiger charge is -2.29. The number of carbonyl (C=O) groups is 1. The van der Waals surface area contributed by atoms with Crippen molar-refractivity contribution in [3.8, 4) is 0 Å².